The third kappa shape index (κ3) is 5.51. The van der Waals surface area contributed by atoms with Gasteiger partial charge in [0, 0.05) is 36.5 Å². The minimum absolute atomic E-state index is 0.0308. The third-order valence-corrected chi connectivity index (χ3v) is 5.85. The fourth-order valence-corrected chi connectivity index (χ4v) is 4.00. The number of carbonyl (C=O) groups excluding carboxylic acids is 1. The van der Waals surface area contributed by atoms with Crippen LogP contribution < -0.4 is 16.0 Å². The number of nitrogens with one attached hydrogen (secondary N) is 1. The van der Waals surface area contributed by atoms with Gasteiger partial charge in [0.05, 0.1) is 19.2 Å². The molecule has 0 bridgehead atoms. The number of piperazine rings is 1. The Labute approximate surface area is 184 Å². The van der Waals surface area contributed by atoms with Crippen LogP contribution in [0.1, 0.15) is 42.1 Å². The molecule has 2 aromatic rings. The minimum atomic E-state index is -0.0795. The number of aromatic nitrogens is 2. The van der Waals surface area contributed by atoms with E-state index in [9.17, 15) is 9.90 Å². The first kappa shape index (κ1) is 23.0. The number of hydrogen-bond acceptors (Lipinski definition) is 7. The van der Waals surface area contributed by atoms with Crippen molar-refractivity contribution in [2.24, 2.45) is 0 Å². The van der Waals surface area contributed by atoms with Crippen LogP contribution in [-0.4, -0.2) is 65.2 Å². The van der Waals surface area contributed by atoms with E-state index in [-0.39, 0.29) is 24.5 Å². The SMILES string of the molecule is CCC[C@@H](CO)Nc1nc(N)nc(C)c1Cc1ccc(N2CCN(C)CC2=O)cc1C. The van der Waals surface area contributed by atoms with Crippen molar-refractivity contribution in [2.75, 3.05) is 49.2 Å². The third-order valence-electron chi connectivity index (χ3n) is 5.85. The van der Waals surface area contributed by atoms with Gasteiger partial charge in [-0.2, -0.15) is 4.98 Å². The van der Waals surface area contributed by atoms with Gasteiger partial charge in [-0.3, -0.25) is 9.69 Å². The van der Waals surface area contributed by atoms with E-state index in [4.69, 9.17) is 5.73 Å². The van der Waals surface area contributed by atoms with Crippen molar-refractivity contribution in [3.8, 4) is 0 Å². The number of hydrogen-bond donors (Lipinski definition) is 3. The Morgan fingerprint density at radius 3 is 2.68 bits per heavy atom. The smallest absolute Gasteiger partial charge is 0.241 e. The minimum Gasteiger partial charge on any atom is -0.394 e. The van der Waals surface area contributed by atoms with Gasteiger partial charge < -0.3 is 21.1 Å². The number of rotatable bonds is 8. The average Bonchev–Trinajstić information content (AvgIpc) is 2.71. The Morgan fingerprint density at radius 2 is 2.03 bits per heavy atom. The molecule has 3 rings (SSSR count). The Balaban J connectivity index is 1.86. The van der Waals surface area contributed by atoms with Crippen molar-refractivity contribution >= 4 is 23.4 Å². The summed E-state index contributed by atoms with van der Waals surface area (Å²) in [6.45, 7) is 8.12. The van der Waals surface area contributed by atoms with E-state index in [1.807, 2.05) is 29.8 Å². The topological polar surface area (TPSA) is 108 Å². The van der Waals surface area contributed by atoms with Gasteiger partial charge in [-0.15, -0.1) is 0 Å². The Morgan fingerprint density at radius 1 is 1.26 bits per heavy atom. The summed E-state index contributed by atoms with van der Waals surface area (Å²) in [6, 6.07) is 6.09. The average molecular weight is 427 g/mol. The number of nitrogens with zero attached hydrogens (tertiary/aromatic N) is 4. The van der Waals surface area contributed by atoms with Crippen LogP contribution in [0.5, 0.6) is 0 Å². The summed E-state index contributed by atoms with van der Waals surface area (Å²) in [6.07, 6.45) is 2.44. The molecule has 1 amide bonds. The van der Waals surface area contributed by atoms with Crippen molar-refractivity contribution in [3.63, 3.8) is 0 Å². The summed E-state index contributed by atoms with van der Waals surface area (Å²) in [4.78, 5) is 25.1. The standard InChI is InChI=1S/C23H34N6O2/c1-5-6-18(14-30)26-22-20(16(3)25-23(24)27-22)12-17-7-8-19(11-15(17)2)29-10-9-28(4)13-21(29)31/h7-8,11,18,30H,5-6,9-10,12-14H2,1-4H3,(H3,24,25,26,27)/t18-/m0/s1. The van der Waals surface area contributed by atoms with Crippen LogP contribution >= 0.6 is 0 Å². The maximum absolute atomic E-state index is 12.4. The number of amides is 1. The summed E-state index contributed by atoms with van der Waals surface area (Å²) in [7, 11) is 1.97. The zero-order valence-electron chi connectivity index (χ0n) is 19.0. The molecule has 1 aromatic heterocycles. The molecule has 1 aliphatic heterocycles. The summed E-state index contributed by atoms with van der Waals surface area (Å²) < 4.78 is 0. The lowest BCUT2D eigenvalue weighted by Crippen LogP contribution is -2.48. The Bertz CT molecular complexity index is 933. The van der Waals surface area contributed by atoms with Crippen LogP contribution in [0, 0.1) is 13.8 Å². The Kier molecular flexibility index (Phi) is 7.46. The van der Waals surface area contributed by atoms with Gasteiger partial charge >= 0.3 is 0 Å². The molecule has 8 nitrogen and oxygen atoms in total. The molecule has 8 heteroatoms. The zero-order chi connectivity index (χ0) is 22.5. The molecule has 0 spiro atoms. The highest BCUT2D eigenvalue weighted by Crippen LogP contribution is 2.27. The van der Waals surface area contributed by atoms with Crippen LogP contribution in [0.3, 0.4) is 0 Å². The number of aryl methyl sites for hydroxylation is 2. The van der Waals surface area contributed by atoms with Crippen molar-refractivity contribution in [3.05, 3.63) is 40.6 Å². The summed E-state index contributed by atoms with van der Waals surface area (Å²) in [5.41, 5.74) is 10.9. The van der Waals surface area contributed by atoms with Crippen molar-refractivity contribution in [1.82, 2.24) is 14.9 Å². The molecule has 1 atom stereocenters. The molecule has 0 aliphatic carbocycles. The number of likely N-dealkylation sites (N-methyl/N-ethyl adjacent to an activating group) is 1. The summed E-state index contributed by atoms with van der Waals surface area (Å²) in [5, 5.41) is 13.1. The van der Waals surface area contributed by atoms with E-state index in [0.29, 0.717) is 25.3 Å². The number of nitrogen functional groups attached to an aromatic ring is 1. The second kappa shape index (κ2) is 10.1. The first-order valence-corrected chi connectivity index (χ1v) is 10.9. The molecule has 31 heavy (non-hydrogen) atoms. The monoisotopic (exact) mass is 426 g/mol. The number of benzene rings is 1. The van der Waals surface area contributed by atoms with Gasteiger partial charge in [-0.1, -0.05) is 19.4 Å². The molecule has 2 heterocycles. The molecule has 1 aliphatic rings. The lowest BCUT2D eigenvalue weighted by atomic mass is 9.98. The van der Waals surface area contributed by atoms with Crippen LogP contribution in [0.4, 0.5) is 17.5 Å². The number of anilines is 3. The van der Waals surface area contributed by atoms with Crippen LogP contribution in [0.15, 0.2) is 18.2 Å². The predicted octanol–water partition coefficient (Wildman–Crippen LogP) is 2.12. The van der Waals surface area contributed by atoms with Gasteiger partial charge in [0.1, 0.15) is 5.82 Å². The van der Waals surface area contributed by atoms with Crippen LogP contribution in [0.25, 0.3) is 0 Å². The molecule has 1 aromatic carbocycles. The highest BCUT2D eigenvalue weighted by molar-refractivity contribution is 5.95. The molecule has 0 unspecified atom stereocenters. The van der Waals surface area contributed by atoms with Crippen molar-refractivity contribution in [2.45, 2.75) is 46.1 Å². The lowest BCUT2D eigenvalue weighted by Gasteiger charge is -2.32. The number of aliphatic hydroxyl groups excluding tert-OH is 1. The molecule has 1 saturated heterocycles. The first-order valence-electron chi connectivity index (χ1n) is 10.9. The first-order chi connectivity index (χ1) is 14.8. The molecular weight excluding hydrogens is 392 g/mol. The highest BCUT2D eigenvalue weighted by atomic mass is 16.3. The molecule has 168 valence electrons. The van der Waals surface area contributed by atoms with E-state index in [0.717, 1.165) is 47.5 Å². The van der Waals surface area contributed by atoms with E-state index in [2.05, 4.69) is 41.3 Å². The predicted molar refractivity (Wildman–Crippen MR) is 124 cm³/mol. The normalized spacial score (nSPS) is 15.9. The fraction of sp³-hybridized carbons (Fsp3) is 0.522. The lowest BCUT2D eigenvalue weighted by molar-refractivity contribution is -0.120. The van der Waals surface area contributed by atoms with E-state index < -0.39 is 0 Å². The van der Waals surface area contributed by atoms with Gasteiger partial charge in [0.15, 0.2) is 0 Å². The van der Waals surface area contributed by atoms with Gasteiger partial charge in [0.2, 0.25) is 11.9 Å². The number of nitrogens with two attached hydrogens (primary N) is 1. The Hall–Kier alpha value is -2.71. The summed E-state index contributed by atoms with van der Waals surface area (Å²) >= 11 is 0. The molecule has 1 fully saturated rings. The number of carbonyl (C=O) groups is 1. The van der Waals surface area contributed by atoms with Crippen LogP contribution in [0.2, 0.25) is 0 Å². The highest BCUT2D eigenvalue weighted by Gasteiger charge is 2.23. The van der Waals surface area contributed by atoms with Gasteiger partial charge in [0.25, 0.3) is 0 Å². The van der Waals surface area contributed by atoms with Crippen LogP contribution in [-0.2, 0) is 11.2 Å². The van der Waals surface area contributed by atoms with E-state index in [1.54, 1.807) is 0 Å². The summed E-state index contributed by atoms with van der Waals surface area (Å²) in [5.74, 6) is 1.02. The second-order valence-corrected chi connectivity index (χ2v) is 8.38. The molecule has 4 N–H and O–H groups in total. The maximum Gasteiger partial charge on any atom is 0.241 e. The second-order valence-electron chi connectivity index (χ2n) is 8.38. The number of aliphatic hydroxyl groups is 1. The molecule has 0 saturated carbocycles. The van der Waals surface area contributed by atoms with Crippen molar-refractivity contribution < 1.29 is 9.90 Å². The molecular formula is C23H34N6O2. The quantitative estimate of drug-likeness (QED) is 0.593. The zero-order valence-corrected chi connectivity index (χ0v) is 19.0. The van der Waals surface area contributed by atoms with E-state index in [1.165, 1.54) is 0 Å². The fourth-order valence-electron chi connectivity index (χ4n) is 4.00. The van der Waals surface area contributed by atoms with Gasteiger partial charge in [-0.25, -0.2) is 4.98 Å². The van der Waals surface area contributed by atoms with Crippen molar-refractivity contribution in [1.29, 1.82) is 0 Å². The van der Waals surface area contributed by atoms with Gasteiger partial charge in [-0.05, 0) is 50.6 Å². The van der Waals surface area contributed by atoms with E-state index >= 15 is 0 Å². The maximum atomic E-state index is 12.4. The largest absolute Gasteiger partial charge is 0.394 e. The molecule has 0 radical (unpaired) electrons.